The number of amides is 1. The third kappa shape index (κ3) is 3.95. The van der Waals surface area contributed by atoms with Crippen LogP contribution in [0.4, 0.5) is 5.13 Å². The third-order valence-corrected chi connectivity index (χ3v) is 4.37. The fourth-order valence-corrected chi connectivity index (χ4v) is 2.95. The molecule has 0 radical (unpaired) electrons. The van der Waals surface area contributed by atoms with Gasteiger partial charge >= 0.3 is 5.97 Å². The van der Waals surface area contributed by atoms with Crippen LogP contribution in [0.1, 0.15) is 17.4 Å². The third-order valence-electron chi connectivity index (χ3n) is 3.61. The minimum Gasteiger partial charge on any atom is -0.448 e. The smallest absolute Gasteiger partial charge is 0.355 e. The Kier molecular flexibility index (Phi) is 4.95. The van der Waals surface area contributed by atoms with Crippen molar-refractivity contribution < 1.29 is 14.3 Å². The number of thiazole rings is 1. The molecule has 2 heterocycles. The van der Waals surface area contributed by atoms with Gasteiger partial charge in [0.2, 0.25) is 0 Å². The lowest BCUT2D eigenvalue weighted by Crippen LogP contribution is -2.30. The molecule has 0 aliphatic rings. The van der Waals surface area contributed by atoms with Gasteiger partial charge in [0.1, 0.15) is 5.69 Å². The number of benzene rings is 1. The number of carbonyl (C=O) groups is 2. The van der Waals surface area contributed by atoms with Crippen molar-refractivity contribution in [2.75, 3.05) is 5.32 Å². The molecule has 3 rings (SSSR count). The number of hydrogen-bond acceptors (Lipinski definition) is 5. The Morgan fingerprint density at radius 1 is 1.20 bits per heavy atom. The van der Waals surface area contributed by atoms with Gasteiger partial charge in [-0.05, 0) is 19.1 Å². The van der Waals surface area contributed by atoms with E-state index in [1.165, 1.54) is 18.3 Å². The molecular formula is C18H17N3O3S. The van der Waals surface area contributed by atoms with Crippen LogP contribution in [0.15, 0.2) is 54.0 Å². The highest BCUT2D eigenvalue weighted by atomic mass is 32.1. The second-order valence-corrected chi connectivity index (χ2v) is 6.30. The maximum atomic E-state index is 12.2. The molecule has 0 saturated heterocycles. The van der Waals surface area contributed by atoms with E-state index in [-0.39, 0.29) is 0 Å². The lowest BCUT2D eigenvalue weighted by molar-refractivity contribution is -0.123. The van der Waals surface area contributed by atoms with Gasteiger partial charge < -0.3 is 9.30 Å². The number of nitrogens with one attached hydrogen (secondary N) is 1. The Morgan fingerprint density at radius 3 is 2.64 bits per heavy atom. The van der Waals surface area contributed by atoms with Crippen LogP contribution < -0.4 is 5.32 Å². The summed E-state index contributed by atoms with van der Waals surface area (Å²) in [5.41, 5.74) is 2.15. The highest BCUT2D eigenvalue weighted by Gasteiger charge is 2.21. The number of hydrogen-bond donors (Lipinski definition) is 1. The number of esters is 1. The fraction of sp³-hybridized carbons (Fsp3) is 0.167. The first-order valence-electron chi connectivity index (χ1n) is 7.68. The van der Waals surface area contributed by atoms with Crippen LogP contribution in [0, 0.1) is 0 Å². The van der Waals surface area contributed by atoms with E-state index >= 15 is 0 Å². The van der Waals surface area contributed by atoms with Crippen LogP contribution in [0.2, 0.25) is 0 Å². The van der Waals surface area contributed by atoms with Gasteiger partial charge in [-0.3, -0.25) is 10.1 Å². The largest absolute Gasteiger partial charge is 0.448 e. The summed E-state index contributed by atoms with van der Waals surface area (Å²) in [5, 5.41) is 5.01. The first-order valence-corrected chi connectivity index (χ1v) is 8.56. The first kappa shape index (κ1) is 16.9. The average Bonchev–Trinajstić information content (AvgIpc) is 3.24. The van der Waals surface area contributed by atoms with Crippen LogP contribution in [0.5, 0.6) is 0 Å². The molecule has 0 unspecified atom stereocenters. The van der Waals surface area contributed by atoms with Crippen LogP contribution in [0.3, 0.4) is 0 Å². The number of nitrogens with zero attached hydrogens (tertiary/aromatic N) is 2. The zero-order chi connectivity index (χ0) is 17.8. The van der Waals surface area contributed by atoms with Gasteiger partial charge in [-0.25, -0.2) is 9.78 Å². The van der Waals surface area contributed by atoms with Crippen molar-refractivity contribution in [3.05, 3.63) is 59.7 Å². The van der Waals surface area contributed by atoms with Crippen molar-refractivity contribution in [2.24, 2.45) is 7.05 Å². The fourth-order valence-electron chi connectivity index (χ4n) is 2.23. The number of aryl methyl sites for hydroxylation is 1. The van der Waals surface area contributed by atoms with E-state index in [1.54, 1.807) is 29.9 Å². The van der Waals surface area contributed by atoms with E-state index in [0.29, 0.717) is 10.8 Å². The summed E-state index contributed by atoms with van der Waals surface area (Å²) in [6, 6.07) is 13.1. The van der Waals surface area contributed by atoms with Crippen molar-refractivity contribution in [1.29, 1.82) is 0 Å². The minimum absolute atomic E-state index is 0.389. The van der Waals surface area contributed by atoms with E-state index in [1.807, 2.05) is 35.7 Å². The number of aromatic nitrogens is 2. The molecule has 7 heteroatoms. The number of ether oxygens (including phenoxy) is 1. The molecule has 1 atom stereocenters. The highest BCUT2D eigenvalue weighted by molar-refractivity contribution is 7.14. The van der Waals surface area contributed by atoms with Crippen molar-refractivity contribution in [1.82, 2.24) is 9.55 Å². The Morgan fingerprint density at radius 2 is 1.96 bits per heavy atom. The Labute approximate surface area is 149 Å². The topological polar surface area (TPSA) is 73.2 Å². The number of rotatable bonds is 5. The predicted molar refractivity (Wildman–Crippen MR) is 96.5 cm³/mol. The van der Waals surface area contributed by atoms with Crippen LogP contribution in [-0.4, -0.2) is 27.5 Å². The summed E-state index contributed by atoms with van der Waals surface area (Å²) >= 11 is 1.32. The van der Waals surface area contributed by atoms with E-state index in [0.717, 1.165) is 11.3 Å². The standard InChI is InChI=1S/C18H17N3O3S/c1-12(24-17(23)15-9-6-10-21(15)2)16(22)20-18-19-14(11-25-18)13-7-4-3-5-8-13/h3-12H,1-2H3,(H,19,20,22)/t12-/m1/s1. The molecule has 6 nitrogen and oxygen atoms in total. The van der Waals surface area contributed by atoms with Gasteiger partial charge in [-0.1, -0.05) is 30.3 Å². The molecule has 2 aromatic heterocycles. The molecule has 128 valence electrons. The zero-order valence-electron chi connectivity index (χ0n) is 13.8. The van der Waals surface area contributed by atoms with Crippen molar-refractivity contribution >= 4 is 28.3 Å². The molecule has 0 saturated carbocycles. The van der Waals surface area contributed by atoms with Gasteiger partial charge in [0.25, 0.3) is 5.91 Å². The first-order chi connectivity index (χ1) is 12.0. The number of carbonyl (C=O) groups excluding carboxylic acids is 2. The highest BCUT2D eigenvalue weighted by Crippen LogP contribution is 2.24. The lowest BCUT2D eigenvalue weighted by atomic mass is 10.2. The second kappa shape index (κ2) is 7.31. The maximum absolute atomic E-state index is 12.2. The van der Waals surface area contributed by atoms with E-state index in [9.17, 15) is 9.59 Å². The molecule has 25 heavy (non-hydrogen) atoms. The minimum atomic E-state index is -0.925. The molecule has 0 spiro atoms. The van der Waals surface area contributed by atoms with Gasteiger partial charge in [0, 0.05) is 24.2 Å². The molecule has 1 amide bonds. The van der Waals surface area contributed by atoms with Crippen molar-refractivity contribution in [2.45, 2.75) is 13.0 Å². The summed E-state index contributed by atoms with van der Waals surface area (Å²) in [7, 11) is 1.74. The second-order valence-electron chi connectivity index (χ2n) is 5.45. The molecule has 3 aromatic rings. The van der Waals surface area contributed by atoms with E-state index in [2.05, 4.69) is 10.3 Å². The average molecular weight is 355 g/mol. The lowest BCUT2D eigenvalue weighted by Gasteiger charge is -2.12. The maximum Gasteiger partial charge on any atom is 0.355 e. The molecule has 0 aliphatic heterocycles. The monoisotopic (exact) mass is 355 g/mol. The Balaban J connectivity index is 1.61. The molecule has 0 aliphatic carbocycles. The van der Waals surface area contributed by atoms with Crippen molar-refractivity contribution in [3.8, 4) is 11.3 Å². The van der Waals surface area contributed by atoms with Gasteiger partial charge in [0.05, 0.1) is 5.69 Å². The predicted octanol–water partition coefficient (Wildman–Crippen LogP) is 3.33. The molecule has 0 fully saturated rings. The summed E-state index contributed by atoms with van der Waals surface area (Å²) < 4.78 is 6.84. The van der Waals surface area contributed by atoms with Crippen LogP contribution >= 0.6 is 11.3 Å². The Hall–Kier alpha value is -2.93. The zero-order valence-corrected chi connectivity index (χ0v) is 14.6. The van der Waals surface area contributed by atoms with E-state index < -0.39 is 18.0 Å². The molecule has 1 N–H and O–H groups in total. The van der Waals surface area contributed by atoms with Crippen molar-refractivity contribution in [3.63, 3.8) is 0 Å². The van der Waals surface area contributed by atoms with Gasteiger partial charge in [0.15, 0.2) is 11.2 Å². The number of anilines is 1. The van der Waals surface area contributed by atoms with Crippen LogP contribution in [-0.2, 0) is 16.6 Å². The quantitative estimate of drug-likeness (QED) is 0.713. The summed E-state index contributed by atoms with van der Waals surface area (Å²) in [6.45, 7) is 1.53. The Bertz CT molecular complexity index is 886. The normalized spacial score (nSPS) is 11.8. The SMILES string of the molecule is C[C@@H](OC(=O)c1cccn1C)C(=O)Nc1nc(-c2ccccc2)cs1. The summed E-state index contributed by atoms with van der Waals surface area (Å²) in [5.74, 6) is -0.962. The summed E-state index contributed by atoms with van der Waals surface area (Å²) in [4.78, 5) is 28.7. The summed E-state index contributed by atoms with van der Waals surface area (Å²) in [6.07, 6.45) is 0.814. The van der Waals surface area contributed by atoms with Gasteiger partial charge in [-0.15, -0.1) is 11.3 Å². The van der Waals surface area contributed by atoms with Gasteiger partial charge in [-0.2, -0.15) is 0 Å². The van der Waals surface area contributed by atoms with Crippen LogP contribution in [0.25, 0.3) is 11.3 Å². The molecule has 0 bridgehead atoms. The molecule has 1 aromatic carbocycles. The van der Waals surface area contributed by atoms with E-state index in [4.69, 9.17) is 4.74 Å². The molecular weight excluding hydrogens is 338 g/mol.